The molecule has 0 spiro atoms. The number of rotatable bonds is 4. The van der Waals surface area contributed by atoms with Crippen LogP contribution in [0.2, 0.25) is 0 Å². The summed E-state index contributed by atoms with van der Waals surface area (Å²) in [5.41, 5.74) is 3.29. The second-order valence-electron chi connectivity index (χ2n) is 5.63. The molecule has 1 amide bonds. The molecule has 2 heterocycles. The van der Waals surface area contributed by atoms with E-state index < -0.39 is 0 Å². The van der Waals surface area contributed by atoms with Crippen molar-refractivity contribution < 1.29 is 13.9 Å². The highest BCUT2D eigenvalue weighted by Crippen LogP contribution is 2.26. The minimum absolute atomic E-state index is 0.206. The van der Waals surface area contributed by atoms with Crippen molar-refractivity contribution in [2.24, 2.45) is 0 Å². The van der Waals surface area contributed by atoms with Gasteiger partial charge in [0, 0.05) is 23.6 Å². The molecule has 4 rings (SSSR count). The number of pyridine rings is 1. The van der Waals surface area contributed by atoms with Gasteiger partial charge < -0.3 is 14.5 Å². The molecule has 0 aliphatic heterocycles. The van der Waals surface area contributed by atoms with Crippen molar-refractivity contribution in [2.45, 2.75) is 0 Å². The van der Waals surface area contributed by atoms with E-state index in [4.69, 9.17) is 9.15 Å². The van der Waals surface area contributed by atoms with Crippen LogP contribution in [0.1, 0.15) is 10.4 Å². The van der Waals surface area contributed by atoms with Crippen LogP contribution in [0.4, 0.5) is 5.69 Å². The molecule has 0 atom stereocenters. The van der Waals surface area contributed by atoms with Gasteiger partial charge in [0.15, 0.2) is 5.58 Å². The van der Waals surface area contributed by atoms with Crippen molar-refractivity contribution in [1.29, 1.82) is 0 Å². The summed E-state index contributed by atoms with van der Waals surface area (Å²) >= 11 is 0. The van der Waals surface area contributed by atoms with Crippen LogP contribution >= 0.6 is 0 Å². The lowest BCUT2D eigenvalue weighted by Crippen LogP contribution is -2.11. The molecule has 0 fully saturated rings. The standard InChI is InChI=1S/C20H15N3O3/c1-25-16-7-4-13(5-8-16)19(24)22-15-6-9-18-17(11-15)23-20(26-18)14-3-2-10-21-12-14/h2-12H,1H3,(H,22,24). The molecule has 0 saturated carbocycles. The summed E-state index contributed by atoms with van der Waals surface area (Å²) in [5.74, 6) is 0.989. The molecule has 0 saturated heterocycles. The van der Waals surface area contributed by atoms with Gasteiger partial charge in [-0.1, -0.05) is 0 Å². The molecule has 6 nitrogen and oxygen atoms in total. The van der Waals surface area contributed by atoms with Gasteiger partial charge in [0.1, 0.15) is 11.3 Å². The van der Waals surface area contributed by atoms with Crippen LogP contribution < -0.4 is 10.1 Å². The fourth-order valence-electron chi connectivity index (χ4n) is 2.56. The molecule has 0 radical (unpaired) electrons. The molecule has 26 heavy (non-hydrogen) atoms. The second kappa shape index (κ2) is 6.68. The monoisotopic (exact) mass is 345 g/mol. The molecule has 0 bridgehead atoms. The maximum atomic E-state index is 12.4. The lowest BCUT2D eigenvalue weighted by atomic mass is 10.2. The minimum atomic E-state index is -0.206. The topological polar surface area (TPSA) is 77.2 Å². The van der Waals surface area contributed by atoms with Crippen molar-refractivity contribution in [3.05, 3.63) is 72.6 Å². The van der Waals surface area contributed by atoms with Crippen LogP contribution in [0.15, 0.2) is 71.4 Å². The van der Waals surface area contributed by atoms with Crippen molar-refractivity contribution >= 4 is 22.7 Å². The Labute approximate surface area is 149 Å². The summed E-state index contributed by atoms with van der Waals surface area (Å²) in [5, 5.41) is 2.86. The molecular formula is C20H15N3O3. The van der Waals surface area contributed by atoms with Gasteiger partial charge in [0.25, 0.3) is 5.91 Å². The van der Waals surface area contributed by atoms with Gasteiger partial charge >= 0.3 is 0 Å². The van der Waals surface area contributed by atoms with Gasteiger partial charge in [-0.3, -0.25) is 9.78 Å². The van der Waals surface area contributed by atoms with E-state index in [2.05, 4.69) is 15.3 Å². The van der Waals surface area contributed by atoms with Crippen LogP contribution in [-0.4, -0.2) is 23.0 Å². The van der Waals surface area contributed by atoms with E-state index in [0.717, 1.165) is 5.56 Å². The summed E-state index contributed by atoms with van der Waals surface area (Å²) in [4.78, 5) is 20.9. The van der Waals surface area contributed by atoms with E-state index in [1.807, 2.05) is 12.1 Å². The SMILES string of the molecule is COc1ccc(C(=O)Nc2ccc3oc(-c4cccnc4)nc3c2)cc1. The minimum Gasteiger partial charge on any atom is -0.497 e. The van der Waals surface area contributed by atoms with Crippen molar-refractivity contribution in [2.75, 3.05) is 12.4 Å². The summed E-state index contributed by atoms with van der Waals surface area (Å²) in [6.07, 6.45) is 3.38. The van der Waals surface area contributed by atoms with Gasteiger partial charge in [0.2, 0.25) is 5.89 Å². The number of nitrogens with one attached hydrogen (secondary N) is 1. The second-order valence-corrected chi connectivity index (χ2v) is 5.63. The number of carbonyl (C=O) groups excluding carboxylic acids is 1. The highest BCUT2D eigenvalue weighted by Gasteiger charge is 2.11. The first-order chi connectivity index (χ1) is 12.7. The quantitative estimate of drug-likeness (QED) is 0.601. The van der Waals surface area contributed by atoms with E-state index in [1.165, 1.54) is 0 Å². The zero-order chi connectivity index (χ0) is 17.9. The Morgan fingerprint density at radius 2 is 1.96 bits per heavy atom. The number of aromatic nitrogens is 2. The molecule has 128 valence electrons. The third-order valence-corrected chi connectivity index (χ3v) is 3.91. The number of ether oxygens (including phenoxy) is 1. The van der Waals surface area contributed by atoms with Gasteiger partial charge in [-0.15, -0.1) is 0 Å². The average Bonchev–Trinajstić information content (AvgIpc) is 3.12. The van der Waals surface area contributed by atoms with E-state index in [9.17, 15) is 4.79 Å². The molecule has 1 N–H and O–H groups in total. The molecular weight excluding hydrogens is 330 g/mol. The summed E-state index contributed by atoms with van der Waals surface area (Å²) in [6.45, 7) is 0. The molecule has 4 aromatic rings. The maximum absolute atomic E-state index is 12.4. The number of anilines is 1. The van der Waals surface area contributed by atoms with Crippen LogP contribution in [-0.2, 0) is 0 Å². The number of benzene rings is 2. The Morgan fingerprint density at radius 1 is 1.12 bits per heavy atom. The number of hydrogen-bond acceptors (Lipinski definition) is 5. The van der Waals surface area contributed by atoms with Crippen LogP contribution in [0.3, 0.4) is 0 Å². The number of carbonyl (C=O) groups is 1. The highest BCUT2D eigenvalue weighted by atomic mass is 16.5. The number of oxazole rings is 1. The van der Waals surface area contributed by atoms with Crippen molar-refractivity contribution in [3.63, 3.8) is 0 Å². The lowest BCUT2D eigenvalue weighted by molar-refractivity contribution is 0.102. The molecule has 0 unspecified atom stereocenters. The largest absolute Gasteiger partial charge is 0.497 e. The molecule has 2 aromatic carbocycles. The lowest BCUT2D eigenvalue weighted by Gasteiger charge is -2.06. The normalized spacial score (nSPS) is 10.7. The van der Waals surface area contributed by atoms with E-state index in [-0.39, 0.29) is 5.91 Å². The average molecular weight is 345 g/mol. The van der Waals surface area contributed by atoms with E-state index in [0.29, 0.717) is 34.0 Å². The fraction of sp³-hybridized carbons (Fsp3) is 0.0500. The van der Waals surface area contributed by atoms with Gasteiger partial charge in [-0.05, 0) is 54.6 Å². The number of hydrogen-bond donors (Lipinski definition) is 1. The van der Waals surface area contributed by atoms with E-state index in [1.54, 1.807) is 62.0 Å². The zero-order valence-electron chi connectivity index (χ0n) is 14.0. The van der Waals surface area contributed by atoms with Crippen LogP contribution in [0.25, 0.3) is 22.6 Å². The number of nitrogens with zero attached hydrogens (tertiary/aromatic N) is 2. The van der Waals surface area contributed by atoms with E-state index >= 15 is 0 Å². The predicted molar refractivity (Wildman–Crippen MR) is 98.2 cm³/mol. The maximum Gasteiger partial charge on any atom is 0.255 e. The number of fused-ring (bicyclic) bond motifs is 1. The summed E-state index contributed by atoms with van der Waals surface area (Å²) < 4.78 is 10.8. The Bertz CT molecular complexity index is 1060. The first kappa shape index (κ1) is 15.8. The Balaban J connectivity index is 1.58. The van der Waals surface area contributed by atoms with Gasteiger partial charge in [0.05, 0.1) is 12.7 Å². The fourth-order valence-corrected chi connectivity index (χ4v) is 2.56. The van der Waals surface area contributed by atoms with Crippen molar-refractivity contribution in [1.82, 2.24) is 9.97 Å². The van der Waals surface area contributed by atoms with Gasteiger partial charge in [-0.2, -0.15) is 0 Å². The Morgan fingerprint density at radius 3 is 2.69 bits per heavy atom. The first-order valence-corrected chi connectivity index (χ1v) is 7.99. The van der Waals surface area contributed by atoms with Gasteiger partial charge in [-0.25, -0.2) is 4.98 Å². The smallest absolute Gasteiger partial charge is 0.255 e. The Kier molecular flexibility index (Phi) is 4.07. The molecule has 0 aliphatic carbocycles. The molecule has 0 aliphatic rings. The predicted octanol–water partition coefficient (Wildman–Crippen LogP) is 4.15. The summed E-state index contributed by atoms with van der Waals surface area (Å²) in [7, 11) is 1.59. The van der Waals surface area contributed by atoms with Crippen molar-refractivity contribution in [3.8, 4) is 17.2 Å². The zero-order valence-corrected chi connectivity index (χ0v) is 14.0. The van der Waals surface area contributed by atoms with Crippen LogP contribution in [0.5, 0.6) is 5.75 Å². The number of methoxy groups -OCH3 is 1. The molecule has 2 aromatic heterocycles. The Hall–Kier alpha value is -3.67. The highest BCUT2D eigenvalue weighted by molar-refractivity contribution is 6.05. The third-order valence-electron chi connectivity index (χ3n) is 3.91. The molecule has 6 heteroatoms. The first-order valence-electron chi connectivity index (χ1n) is 7.99. The third kappa shape index (κ3) is 3.12. The number of amides is 1. The van der Waals surface area contributed by atoms with Crippen LogP contribution in [0, 0.1) is 0 Å². The summed E-state index contributed by atoms with van der Waals surface area (Å²) in [6, 6.07) is 16.0.